The fraction of sp³-hybridized carbons (Fsp3) is 0.400. The van der Waals surface area contributed by atoms with Gasteiger partial charge in [0, 0.05) is 11.4 Å². The third kappa shape index (κ3) is 4.25. The molecule has 6 nitrogen and oxygen atoms in total. The highest BCUT2D eigenvalue weighted by Gasteiger charge is 2.40. The van der Waals surface area contributed by atoms with Crippen molar-refractivity contribution in [3.8, 4) is 0 Å². The summed E-state index contributed by atoms with van der Waals surface area (Å²) in [7, 11) is 0. The molecule has 0 radical (unpaired) electrons. The van der Waals surface area contributed by atoms with Gasteiger partial charge in [0.2, 0.25) is 11.8 Å². The van der Waals surface area contributed by atoms with Gasteiger partial charge in [-0.1, -0.05) is 17.7 Å². The Kier molecular flexibility index (Phi) is 6.04. The topological polar surface area (TPSA) is 91.3 Å². The first-order valence-electron chi connectivity index (χ1n) is 7.17. The summed E-state index contributed by atoms with van der Waals surface area (Å²) in [5.74, 6) is -0.639. The van der Waals surface area contributed by atoms with E-state index in [0.717, 1.165) is 4.90 Å². The highest BCUT2D eigenvalue weighted by atomic mass is 35.5. The standard InChI is InChI=1S/C15H17ClN2O4S/c1-2-22-15(21)11(17)8-23-12-7-13(19)18(14(12)20)10-5-3-4-9(16)6-10/h3-6,11-12H,2,7-8,17H2,1H3/p+1/t11-,12-/m1/s1. The van der Waals surface area contributed by atoms with Crippen LogP contribution in [0, 0.1) is 0 Å². The number of quaternary nitrogens is 1. The van der Waals surface area contributed by atoms with Crippen molar-refractivity contribution >= 4 is 46.8 Å². The highest BCUT2D eigenvalue weighted by molar-refractivity contribution is 8.00. The molecular weight excluding hydrogens is 340 g/mol. The number of hydrogen-bond donors (Lipinski definition) is 1. The minimum absolute atomic E-state index is 0.103. The zero-order valence-corrected chi connectivity index (χ0v) is 14.2. The second-order valence-corrected chi connectivity index (χ2v) is 6.69. The molecule has 0 spiro atoms. The van der Waals surface area contributed by atoms with Gasteiger partial charge in [-0.05, 0) is 25.1 Å². The molecule has 1 saturated heterocycles. The Balaban J connectivity index is 2.00. The van der Waals surface area contributed by atoms with Gasteiger partial charge in [0.1, 0.15) is 0 Å². The van der Waals surface area contributed by atoms with Gasteiger partial charge in [-0.3, -0.25) is 9.59 Å². The lowest BCUT2D eigenvalue weighted by atomic mass is 10.3. The van der Waals surface area contributed by atoms with E-state index in [9.17, 15) is 14.4 Å². The molecule has 0 saturated carbocycles. The summed E-state index contributed by atoms with van der Waals surface area (Å²) < 4.78 is 4.88. The van der Waals surface area contributed by atoms with Crippen LogP contribution in [0.15, 0.2) is 24.3 Å². The van der Waals surface area contributed by atoms with Crippen molar-refractivity contribution in [2.45, 2.75) is 24.6 Å². The Bertz CT molecular complexity index is 625. The molecule has 0 unspecified atom stereocenters. The molecule has 2 rings (SSSR count). The van der Waals surface area contributed by atoms with E-state index >= 15 is 0 Å². The predicted octanol–water partition coefficient (Wildman–Crippen LogP) is 0.879. The second-order valence-electron chi connectivity index (χ2n) is 5.02. The summed E-state index contributed by atoms with van der Waals surface area (Å²) in [5.41, 5.74) is 4.19. The van der Waals surface area contributed by atoms with Gasteiger partial charge in [-0.2, -0.15) is 0 Å². The van der Waals surface area contributed by atoms with Gasteiger partial charge in [0.25, 0.3) is 0 Å². The first-order valence-corrected chi connectivity index (χ1v) is 8.60. The first-order chi connectivity index (χ1) is 10.9. The van der Waals surface area contributed by atoms with Crippen LogP contribution >= 0.6 is 23.4 Å². The lowest BCUT2D eigenvalue weighted by Gasteiger charge is -2.15. The SMILES string of the molecule is CCOC(=O)[C@H]([NH3+])CS[C@@H]1CC(=O)N(c2cccc(Cl)c2)C1=O. The zero-order chi connectivity index (χ0) is 17.0. The number of rotatable bonds is 6. The summed E-state index contributed by atoms with van der Waals surface area (Å²) in [6.45, 7) is 2.01. The van der Waals surface area contributed by atoms with Crippen LogP contribution in [0.3, 0.4) is 0 Å². The second kappa shape index (κ2) is 7.81. The average Bonchev–Trinajstić information content (AvgIpc) is 2.79. The van der Waals surface area contributed by atoms with Gasteiger partial charge >= 0.3 is 5.97 Å². The van der Waals surface area contributed by atoms with Crippen LogP contribution in [-0.2, 0) is 19.1 Å². The molecule has 8 heteroatoms. The number of benzene rings is 1. The molecule has 1 fully saturated rings. The van der Waals surface area contributed by atoms with Crippen LogP contribution in [0.25, 0.3) is 0 Å². The molecule has 3 N–H and O–H groups in total. The molecule has 1 aromatic carbocycles. The number of carbonyl (C=O) groups excluding carboxylic acids is 3. The molecule has 0 aliphatic carbocycles. The minimum Gasteiger partial charge on any atom is -0.462 e. The van der Waals surface area contributed by atoms with Crippen molar-refractivity contribution < 1.29 is 24.9 Å². The van der Waals surface area contributed by atoms with E-state index < -0.39 is 17.3 Å². The van der Waals surface area contributed by atoms with E-state index in [2.05, 4.69) is 5.73 Å². The maximum absolute atomic E-state index is 12.4. The number of halogens is 1. The maximum atomic E-state index is 12.4. The number of thioether (sulfide) groups is 1. The van der Waals surface area contributed by atoms with Crippen molar-refractivity contribution in [3.05, 3.63) is 29.3 Å². The largest absolute Gasteiger partial charge is 0.462 e. The fourth-order valence-electron chi connectivity index (χ4n) is 2.18. The summed E-state index contributed by atoms with van der Waals surface area (Å²) in [5, 5.41) is -0.0560. The summed E-state index contributed by atoms with van der Waals surface area (Å²) in [6, 6.07) is 6.04. The Morgan fingerprint density at radius 2 is 2.26 bits per heavy atom. The average molecular weight is 358 g/mol. The van der Waals surface area contributed by atoms with Crippen LogP contribution in [0.1, 0.15) is 13.3 Å². The van der Waals surface area contributed by atoms with Crippen LogP contribution in [0.4, 0.5) is 5.69 Å². The third-order valence-corrected chi connectivity index (χ3v) is 4.89. The molecular formula is C15H18ClN2O4S+. The third-order valence-electron chi connectivity index (χ3n) is 3.29. The molecule has 124 valence electrons. The number of hydrogen-bond acceptors (Lipinski definition) is 5. The fourth-order valence-corrected chi connectivity index (χ4v) is 3.47. The number of ether oxygens (including phenoxy) is 1. The lowest BCUT2D eigenvalue weighted by Crippen LogP contribution is -2.66. The van der Waals surface area contributed by atoms with Crippen molar-refractivity contribution in [2.24, 2.45) is 0 Å². The van der Waals surface area contributed by atoms with E-state index in [-0.39, 0.29) is 18.2 Å². The van der Waals surface area contributed by atoms with Crippen molar-refractivity contribution in [1.29, 1.82) is 0 Å². The quantitative estimate of drug-likeness (QED) is 0.602. The Labute approximate surface area is 143 Å². The minimum atomic E-state index is -0.567. The van der Waals surface area contributed by atoms with Crippen LogP contribution in [-0.4, -0.2) is 41.4 Å². The van der Waals surface area contributed by atoms with Gasteiger partial charge in [0.05, 0.1) is 23.3 Å². The van der Waals surface area contributed by atoms with E-state index in [0.29, 0.717) is 23.1 Å². The number of imide groups is 1. The molecule has 1 heterocycles. The van der Waals surface area contributed by atoms with Gasteiger partial charge in [-0.15, -0.1) is 11.8 Å². The Morgan fingerprint density at radius 3 is 2.91 bits per heavy atom. The van der Waals surface area contributed by atoms with Crippen molar-refractivity contribution in [1.82, 2.24) is 0 Å². The molecule has 0 aromatic heterocycles. The summed E-state index contributed by atoms with van der Waals surface area (Å²) >= 11 is 7.16. The maximum Gasteiger partial charge on any atom is 0.365 e. The number of anilines is 1. The summed E-state index contributed by atoms with van der Waals surface area (Å²) in [6.07, 6.45) is 0.103. The van der Waals surface area contributed by atoms with Gasteiger partial charge in [-0.25, -0.2) is 9.69 Å². The molecule has 1 aliphatic heterocycles. The Hall–Kier alpha value is -1.57. The predicted molar refractivity (Wildman–Crippen MR) is 88.1 cm³/mol. The zero-order valence-electron chi connectivity index (χ0n) is 12.7. The molecule has 1 aliphatic rings. The van der Waals surface area contributed by atoms with E-state index in [1.54, 1.807) is 31.2 Å². The van der Waals surface area contributed by atoms with Gasteiger partial charge in [0.15, 0.2) is 6.04 Å². The van der Waals surface area contributed by atoms with Crippen molar-refractivity contribution in [2.75, 3.05) is 17.3 Å². The molecule has 2 atom stereocenters. The van der Waals surface area contributed by atoms with E-state index in [4.69, 9.17) is 16.3 Å². The number of esters is 1. The van der Waals surface area contributed by atoms with Gasteiger partial charge < -0.3 is 10.5 Å². The summed E-state index contributed by atoms with van der Waals surface area (Å²) in [4.78, 5) is 37.3. The number of nitrogens with zero attached hydrogens (tertiary/aromatic N) is 1. The molecule has 23 heavy (non-hydrogen) atoms. The monoisotopic (exact) mass is 357 g/mol. The molecule has 0 bridgehead atoms. The number of carbonyl (C=O) groups is 3. The normalized spacial score (nSPS) is 19.1. The van der Waals surface area contributed by atoms with Crippen LogP contribution in [0.5, 0.6) is 0 Å². The smallest absolute Gasteiger partial charge is 0.365 e. The van der Waals surface area contributed by atoms with Crippen LogP contribution in [0.2, 0.25) is 5.02 Å². The lowest BCUT2D eigenvalue weighted by molar-refractivity contribution is -0.401. The molecule has 2 amide bonds. The number of amides is 2. The van der Waals surface area contributed by atoms with E-state index in [1.165, 1.54) is 11.8 Å². The highest BCUT2D eigenvalue weighted by Crippen LogP contribution is 2.30. The van der Waals surface area contributed by atoms with Crippen LogP contribution < -0.4 is 10.6 Å². The Morgan fingerprint density at radius 1 is 1.52 bits per heavy atom. The van der Waals surface area contributed by atoms with Crippen molar-refractivity contribution in [3.63, 3.8) is 0 Å². The van der Waals surface area contributed by atoms with E-state index in [1.807, 2.05) is 0 Å². The molecule has 1 aromatic rings. The first kappa shape index (κ1) is 17.8.